The number of rotatable bonds is 4. The van der Waals surface area contributed by atoms with Gasteiger partial charge < -0.3 is 0 Å². The van der Waals surface area contributed by atoms with E-state index in [1.165, 1.54) is 0 Å². The number of aryl methyl sites for hydroxylation is 1. The first kappa shape index (κ1) is 20.7. The van der Waals surface area contributed by atoms with Gasteiger partial charge in [0.15, 0.2) is 0 Å². The Morgan fingerprint density at radius 2 is 0.968 bits per heavy atom. The Balaban J connectivity index is 2.06. The first-order valence-electron chi connectivity index (χ1n) is 10.0. The highest BCUT2D eigenvalue weighted by Gasteiger charge is 2.30. The molecular weight excluding hydrogens is 393 g/mol. The second-order valence-electron chi connectivity index (χ2n) is 7.37. The zero-order valence-electron chi connectivity index (χ0n) is 17.0. The summed E-state index contributed by atoms with van der Waals surface area (Å²) in [6.07, 6.45) is -4.37. The lowest BCUT2D eigenvalue weighted by Crippen LogP contribution is -2.05. The monoisotopic (exact) mass is 414 g/mol. The molecule has 4 aromatic carbocycles. The van der Waals surface area contributed by atoms with Crippen LogP contribution in [0.2, 0.25) is 0 Å². The lowest BCUT2D eigenvalue weighted by atomic mass is 9.84. The quantitative estimate of drug-likeness (QED) is 0.297. The van der Waals surface area contributed by atoms with Crippen LogP contribution in [-0.4, -0.2) is 0 Å². The van der Waals surface area contributed by atoms with Crippen molar-refractivity contribution in [3.8, 4) is 0 Å². The third-order valence-electron chi connectivity index (χ3n) is 5.29. The van der Waals surface area contributed by atoms with Gasteiger partial charge in [0.05, 0.1) is 5.56 Å². The van der Waals surface area contributed by atoms with E-state index >= 15 is 0 Å². The molecule has 0 saturated carbocycles. The van der Waals surface area contributed by atoms with Gasteiger partial charge in [-0.15, -0.1) is 0 Å². The Morgan fingerprint density at radius 3 is 1.48 bits per heavy atom. The van der Waals surface area contributed by atoms with E-state index in [1.54, 1.807) is 12.1 Å². The molecule has 0 bridgehead atoms. The van der Waals surface area contributed by atoms with Crippen molar-refractivity contribution >= 4 is 11.1 Å². The number of hydrogen-bond acceptors (Lipinski definition) is 0. The number of benzene rings is 4. The summed E-state index contributed by atoms with van der Waals surface area (Å²) in [7, 11) is 0. The average molecular weight is 414 g/mol. The van der Waals surface area contributed by atoms with Crippen molar-refractivity contribution < 1.29 is 13.2 Å². The Labute approximate surface area is 180 Å². The van der Waals surface area contributed by atoms with E-state index in [9.17, 15) is 13.2 Å². The molecule has 154 valence electrons. The summed E-state index contributed by atoms with van der Waals surface area (Å²) in [6, 6.07) is 33.3. The van der Waals surface area contributed by atoms with Crippen LogP contribution in [-0.2, 0) is 6.18 Å². The van der Waals surface area contributed by atoms with E-state index in [1.807, 2.05) is 85.8 Å². The molecule has 0 unspecified atom stereocenters. The van der Waals surface area contributed by atoms with Gasteiger partial charge in [-0.05, 0) is 58.0 Å². The van der Waals surface area contributed by atoms with Gasteiger partial charge in [-0.25, -0.2) is 0 Å². The van der Waals surface area contributed by atoms with Crippen LogP contribution in [0.3, 0.4) is 0 Å². The summed E-state index contributed by atoms with van der Waals surface area (Å²) in [5, 5.41) is 0. The molecule has 0 aromatic heterocycles. The molecule has 0 aliphatic carbocycles. The smallest absolute Gasteiger partial charge is 0.166 e. The maximum atomic E-state index is 13.2. The van der Waals surface area contributed by atoms with E-state index in [-0.39, 0.29) is 0 Å². The first-order chi connectivity index (χ1) is 14.9. The Kier molecular flexibility index (Phi) is 5.77. The minimum atomic E-state index is -4.37. The maximum Gasteiger partial charge on any atom is 0.416 e. The Bertz CT molecular complexity index is 1190. The van der Waals surface area contributed by atoms with Crippen molar-refractivity contribution in [2.75, 3.05) is 0 Å². The molecule has 0 spiro atoms. The summed E-state index contributed by atoms with van der Waals surface area (Å²) in [5.74, 6) is 0. The largest absolute Gasteiger partial charge is 0.416 e. The molecule has 0 aliphatic heterocycles. The van der Waals surface area contributed by atoms with Crippen LogP contribution in [0.25, 0.3) is 11.1 Å². The molecule has 0 N–H and O–H groups in total. The highest BCUT2D eigenvalue weighted by Crippen LogP contribution is 2.39. The topological polar surface area (TPSA) is 0 Å². The maximum absolute atomic E-state index is 13.2. The van der Waals surface area contributed by atoms with E-state index < -0.39 is 11.7 Å². The van der Waals surface area contributed by atoms with Crippen LogP contribution in [0, 0.1) is 6.92 Å². The lowest BCUT2D eigenvalue weighted by molar-refractivity contribution is -0.137. The van der Waals surface area contributed by atoms with Crippen molar-refractivity contribution in [2.24, 2.45) is 0 Å². The first-order valence-corrected chi connectivity index (χ1v) is 10.0. The van der Waals surface area contributed by atoms with Gasteiger partial charge in [0.25, 0.3) is 0 Å². The van der Waals surface area contributed by atoms with Gasteiger partial charge in [-0.1, -0.05) is 97.1 Å². The van der Waals surface area contributed by atoms with E-state index in [2.05, 4.69) is 6.07 Å². The second kappa shape index (κ2) is 8.65. The Morgan fingerprint density at radius 1 is 0.516 bits per heavy atom. The van der Waals surface area contributed by atoms with Crippen molar-refractivity contribution in [3.63, 3.8) is 0 Å². The molecule has 0 heterocycles. The van der Waals surface area contributed by atoms with Crippen LogP contribution < -0.4 is 0 Å². The molecule has 0 nitrogen and oxygen atoms in total. The lowest BCUT2D eigenvalue weighted by Gasteiger charge is -2.20. The summed E-state index contributed by atoms with van der Waals surface area (Å²) >= 11 is 0. The predicted molar refractivity (Wildman–Crippen MR) is 121 cm³/mol. The van der Waals surface area contributed by atoms with E-state index in [0.29, 0.717) is 0 Å². The summed E-state index contributed by atoms with van der Waals surface area (Å²) < 4.78 is 39.5. The van der Waals surface area contributed by atoms with Crippen LogP contribution >= 0.6 is 0 Å². The van der Waals surface area contributed by atoms with Crippen LogP contribution in [0.5, 0.6) is 0 Å². The molecule has 4 aromatic rings. The van der Waals surface area contributed by atoms with Gasteiger partial charge in [0, 0.05) is 0 Å². The Hall–Kier alpha value is -3.59. The van der Waals surface area contributed by atoms with Gasteiger partial charge >= 0.3 is 6.18 Å². The van der Waals surface area contributed by atoms with Gasteiger partial charge in [0.2, 0.25) is 0 Å². The molecule has 0 aliphatic rings. The fourth-order valence-electron chi connectivity index (χ4n) is 3.78. The fraction of sp³-hybridized carbons (Fsp3) is 0.0714. The highest BCUT2D eigenvalue weighted by atomic mass is 19.4. The van der Waals surface area contributed by atoms with Crippen molar-refractivity contribution in [1.82, 2.24) is 0 Å². The second-order valence-corrected chi connectivity index (χ2v) is 7.37. The van der Waals surface area contributed by atoms with Crippen LogP contribution in [0.1, 0.15) is 33.4 Å². The minimum Gasteiger partial charge on any atom is -0.166 e. The molecule has 0 fully saturated rings. The molecule has 0 atom stereocenters. The summed E-state index contributed by atoms with van der Waals surface area (Å²) in [4.78, 5) is 0. The molecule has 3 heteroatoms. The molecular formula is C28H21F3. The van der Waals surface area contributed by atoms with Crippen molar-refractivity contribution in [2.45, 2.75) is 13.1 Å². The van der Waals surface area contributed by atoms with E-state index in [0.717, 1.165) is 51.1 Å². The SMILES string of the molecule is Cc1ccccc1/C(=C(/c1ccccc1)c1ccc(C(F)(F)F)cc1)c1ccccc1. The fourth-order valence-corrected chi connectivity index (χ4v) is 3.78. The molecule has 0 amide bonds. The van der Waals surface area contributed by atoms with Crippen molar-refractivity contribution in [1.29, 1.82) is 0 Å². The molecule has 0 saturated heterocycles. The van der Waals surface area contributed by atoms with E-state index in [4.69, 9.17) is 0 Å². The predicted octanol–water partition coefficient (Wildman–Crippen LogP) is 8.02. The highest BCUT2D eigenvalue weighted by molar-refractivity contribution is 6.05. The average Bonchev–Trinajstić information content (AvgIpc) is 2.79. The zero-order chi connectivity index (χ0) is 21.8. The molecule has 0 radical (unpaired) electrons. The zero-order valence-corrected chi connectivity index (χ0v) is 17.0. The third kappa shape index (κ3) is 4.46. The number of hydrogen-bond donors (Lipinski definition) is 0. The van der Waals surface area contributed by atoms with Crippen molar-refractivity contribution in [3.05, 3.63) is 143 Å². The third-order valence-corrected chi connectivity index (χ3v) is 5.29. The number of halogens is 3. The van der Waals surface area contributed by atoms with Crippen LogP contribution in [0.4, 0.5) is 13.2 Å². The van der Waals surface area contributed by atoms with Gasteiger partial charge in [-0.2, -0.15) is 13.2 Å². The molecule has 4 rings (SSSR count). The normalized spacial score (nSPS) is 12.4. The molecule has 31 heavy (non-hydrogen) atoms. The summed E-state index contributed by atoms with van der Waals surface area (Å²) in [5.41, 5.74) is 6.08. The minimum absolute atomic E-state index is 0.652. The summed E-state index contributed by atoms with van der Waals surface area (Å²) in [6.45, 7) is 2.05. The standard InChI is InChI=1S/C28H21F3/c1-20-10-8-9-15-25(20)27(22-13-6-3-7-14-22)26(21-11-4-2-5-12-21)23-16-18-24(19-17-23)28(29,30)31/h2-19H,1H3/b27-26-. The van der Waals surface area contributed by atoms with Gasteiger partial charge in [0.1, 0.15) is 0 Å². The van der Waals surface area contributed by atoms with Gasteiger partial charge in [-0.3, -0.25) is 0 Å². The van der Waals surface area contributed by atoms with Crippen LogP contribution in [0.15, 0.2) is 109 Å². The number of alkyl halides is 3.